The topological polar surface area (TPSA) is 114 Å². The highest BCUT2D eigenvalue weighted by Crippen LogP contribution is 2.23. The van der Waals surface area contributed by atoms with E-state index in [1.54, 1.807) is 36.1 Å². The van der Waals surface area contributed by atoms with Gasteiger partial charge in [0.05, 0.1) is 24.1 Å². The predicted octanol–water partition coefficient (Wildman–Crippen LogP) is 1.86. The Morgan fingerprint density at radius 1 is 1.23 bits per heavy atom. The SMILES string of the molecule is CNC(=O)c1cccc(CN2CC(=O)N(c3cnn(Cc4c(C)noc4C)c3)C2=O)c1. The van der Waals surface area contributed by atoms with Crippen molar-refractivity contribution in [1.82, 2.24) is 25.2 Å². The summed E-state index contributed by atoms with van der Waals surface area (Å²) in [5.41, 5.74) is 3.34. The number of imide groups is 1. The predicted molar refractivity (Wildman–Crippen MR) is 110 cm³/mol. The van der Waals surface area contributed by atoms with Gasteiger partial charge in [-0.15, -0.1) is 0 Å². The van der Waals surface area contributed by atoms with Crippen LogP contribution in [0, 0.1) is 13.8 Å². The molecule has 1 fully saturated rings. The van der Waals surface area contributed by atoms with Gasteiger partial charge in [0.15, 0.2) is 0 Å². The van der Waals surface area contributed by atoms with Gasteiger partial charge in [0.25, 0.3) is 11.8 Å². The highest BCUT2D eigenvalue weighted by molar-refractivity contribution is 6.19. The number of benzene rings is 1. The van der Waals surface area contributed by atoms with E-state index in [0.717, 1.165) is 21.7 Å². The van der Waals surface area contributed by atoms with E-state index in [-0.39, 0.29) is 24.9 Å². The molecule has 1 aliphatic rings. The number of urea groups is 1. The Kier molecular flexibility index (Phi) is 5.28. The van der Waals surface area contributed by atoms with Crippen molar-refractivity contribution in [2.75, 3.05) is 18.5 Å². The molecular weight excluding hydrogens is 400 g/mol. The highest BCUT2D eigenvalue weighted by atomic mass is 16.5. The summed E-state index contributed by atoms with van der Waals surface area (Å²) in [6, 6.07) is 6.54. The number of aryl methyl sites for hydroxylation is 2. The second kappa shape index (κ2) is 8.05. The Morgan fingerprint density at radius 2 is 2.03 bits per heavy atom. The first kappa shape index (κ1) is 20.3. The lowest BCUT2D eigenvalue weighted by Crippen LogP contribution is -2.32. The number of hydrogen-bond acceptors (Lipinski definition) is 6. The molecule has 1 N–H and O–H groups in total. The quantitative estimate of drug-likeness (QED) is 0.607. The van der Waals surface area contributed by atoms with Crippen LogP contribution in [-0.2, 0) is 17.9 Å². The number of nitrogens with one attached hydrogen (secondary N) is 1. The molecule has 0 atom stereocenters. The number of aromatic nitrogens is 3. The molecule has 160 valence electrons. The van der Waals surface area contributed by atoms with Crippen LogP contribution in [0.15, 0.2) is 41.2 Å². The van der Waals surface area contributed by atoms with Crippen LogP contribution in [0.2, 0.25) is 0 Å². The van der Waals surface area contributed by atoms with Crippen LogP contribution in [0.1, 0.15) is 32.9 Å². The molecule has 0 spiro atoms. The van der Waals surface area contributed by atoms with Crippen LogP contribution < -0.4 is 10.2 Å². The molecule has 1 aliphatic heterocycles. The van der Waals surface area contributed by atoms with Crippen LogP contribution in [0.4, 0.5) is 10.5 Å². The van der Waals surface area contributed by atoms with Gasteiger partial charge in [-0.25, -0.2) is 9.69 Å². The second-order valence-corrected chi connectivity index (χ2v) is 7.35. The van der Waals surface area contributed by atoms with Gasteiger partial charge in [-0.1, -0.05) is 17.3 Å². The molecule has 0 aliphatic carbocycles. The Morgan fingerprint density at radius 3 is 2.74 bits per heavy atom. The minimum atomic E-state index is -0.424. The van der Waals surface area contributed by atoms with Crippen LogP contribution in [-0.4, -0.2) is 51.3 Å². The van der Waals surface area contributed by atoms with Gasteiger partial charge in [-0.05, 0) is 31.5 Å². The lowest BCUT2D eigenvalue weighted by Gasteiger charge is -2.16. The van der Waals surface area contributed by atoms with Crippen molar-refractivity contribution in [3.63, 3.8) is 0 Å². The molecule has 1 aromatic carbocycles. The van der Waals surface area contributed by atoms with Gasteiger partial charge in [0, 0.05) is 30.9 Å². The summed E-state index contributed by atoms with van der Waals surface area (Å²) in [6.07, 6.45) is 3.14. The van der Waals surface area contributed by atoms with Gasteiger partial charge in [0.1, 0.15) is 12.3 Å². The van der Waals surface area contributed by atoms with E-state index in [2.05, 4.69) is 15.6 Å². The summed E-state index contributed by atoms with van der Waals surface area (Å²) in [4.78, 5) is 39.9. The average Bonchev–Trinajstić information content (AvgIpc) is 3.42. The molecule has 0 unspecified atom stereocenters. The van der Waals surface area contributed by atoms with E-state index in [1.165, 1.54) is 11.1 Å². The third kappa shape index (κ3) is 3.91. The summed E-state index contributed by atoms with van der Waals surface area (Å²) in [6.45, 7) is 4.27. The zero-order valence-electron chi connectivity index (χ0n) is 17.5. The van der Waals surface area contributed by atoms with Crippen LogP contribution in [0.3, 0.4) is 0 Å². The summed E-state index contributed by atoms with van der Waals surface area (Å²) in [5.74, 6) is 0.162. The molecule has 10 nitrogen and oxygen atoms in total. The number of hydrogen-bond donors (Lipinski definition) is 1. The van der Waals surface area contributed by atoms with Crippen molar-refractivity contribution in [3.05, 3.63) is 64.8 Å². The summed E-state index contributed by atoms with van der Waals surface area (Å²) < 4.78 is 6.80. The van der Waals surface area contributed by atoms with E-state index in [4.69, 9.17) is 4.52 Å². The van der Waals surface area contributed by atoms with Crippen molar-refractivity contribution in [2.45, 2.75) is 26.9 Å². The van der Waals surface area contributed by atoms with Gasteiger partial charge in [-0.2, -0.15) is 5.10 Å². The Hall–Kier alpha value is -3.95. The van der Waals surface area contributed by atoms with Gasteiger partial charge >= 0.3 is 6.03 Å². The third-order valence-corrected chi connectivity index (χ3v) is 5.21. The molecule has 1 saturated heterocycles. The van der Waals surface area contributed by atoms with Gasteiger partial charge in [0.2, 0.25) is 0 Å². The first-order valence-corrected chi connectivity index (χ1v) is 9.74. The van der Waals surface area contributed by atoms with Crippen LogP contribution in [0.25, 0.3) is 0 Å². The monoisotopic (exact) mass is 422 g/mol. The van der Waals surface area contributed by atoms with Crippen molar-refractivity contribution < 1.29 is 18.9 Å². The van der Waals surface area contributed by atoms with E-state index >= 15 is 0 Å². The normalized spacial score (nSPS) is 13.9. The van der Waals surface area contributed by atoms with E-state index in [9.17, 15) is 14.4 Å². The van der Waals surface area contributed by atoms with Gasteiger partial charge < -0.3 is 14.7 Å². The van der Waals surface area contributed by atoms with E-state index in [0.29, 0.717) is 23.6 Å². The number of anilines is 1. The molecular formula is C21H22N6O4. The average molecular weight is 422 g/mol. The highest BCUT2D eigenvalue weighted by Gasteiger charge is 2.37. The largest absolute Gasteiger partial charge is 0.361 e. The summed E-state index contributed by atoms with van der Waals surface area (Å²) >= 11 is 0. The third-order valence-electron chi connectivity index (χ3n) is 5.21. The first-order valence-electron chi connectivity index (χ1n) is 9.74. The summed E-state index contributed by atoms with van der Waals surface area (Å²) in [5, 5.41) is 10.8. The molecule has 3 heterocycles. The molecule has 4 rings (SSSR count). The Labute approximate surface area is 178 Å². The zero-order valence-corrected chi connectivity index (χ0v) is 17.5. The smallest absolute Gasteiger partial charge is 0.332 e. The molecule has 0 saturated carbocycles. The van der Waals surface area contributed by atoms with Crippen molar-refractivity contribution in [2.24, 2.45) is 0 Å². The molecule has 10 heteroatoms. The maximum atomic E-state index is 12.9. The number of amides is 4. The van der Waals surface area contributed by atoms with Crippen molar-refractivity contribution in [1.29, 1.82) is 0 Å². The fraction of sp³-hybridized carbons (Fsp3) is 0.286. The van der Waals surface area contributed by atoms with E-state index in [1.807, 2.05) is 19.9 Å². The molecule has 0 bridgehead atoms. The minimum Gasteiger partial charge on any atom is -0.361 e. The molecule has 3 aromatic rings. The summed E-state index contributed by atoms with van der Waals surface area (Å²) in [7, 11) is 1.56. The van der Waals surface area contributed by atoms with E-state index < -0.39 is 6.03 Å². The molecule has 31 heavy (non-hydrogen) atoms. The fourth-order valence-electron chi connectivity index (χ4n) is 3.55. The Balaban J connectivity index is 1.49. The van der Waals surface area contributed by atoms with Gasteiger partial charge in [-0.3, -0.25) is 14.3 Å². The number of carbonyl (C=O) groups excluding carboxylic acids is 3. The molecule has 2 aromatic heterocycles. The first-order chi connectivity index (χ1) is 14.9. The standard InChI is InChI=1S/C21H22N6O4/c1-13-18(14(2)31-24-13)11-26-10-17(8-23-26)27-19(28)12-25(21(27)30)9-15-5-4-6-16(7-15)20(29)22-3/h4-8,10H,9,11-12H2,1-3H3,(H,22,29). The van der Waals surface area contributed by atoms with Crippen molar-refractivity contribution >= 4 is 23.5 Å². The lowest BCUT2D eigenvalue weighted by atomic mass is 10.1. The minimum absolute atomic E-state index is 0.0436. The number of rotatable bonds is 6. The maximum Gasteiger partial charge on any atom is 0.332 e. The molecule has 0 radical (unpaired) electrons. The maximum absolute atomic E-state index is 12.9. The zero-order chi connectivity index (χ0) is 22.1. The van der Waals surface area contributed by atoms with Crippen LogP contribution in [0.5, 0.6) is 0 Å². The lowest BCUT2D eigenvalue weighted by molar-refractivity contribution is -0.116. The fourth-order valence-corrected chi connectivity index (χ4v) is 3.55. The second-order valence-electron chi connectivity index (χ2n) is 7.35. The molecule has 4 amide bonds. The number of nitrogens with zero attached hydrogens (tertiary/aromatic N) is 5. The number of carbonyl (C=O) groups is 3. The Bertz CT molecular complexity index is 1140. The van der Waals surface area contributed by atoms with Crippen LogP contribution >= 0.6 is 0 Å². The van der Waals surface area contributed by atoms with Crippen molar-refractivity contribution in [3.8, 4) is 0 Å².